The van der Waals surface area contributed by atoms with E-state index in [0.717, 1.165) is 5.69 Å². The van der Waals surface area contributed by atoms with Crippen LogP contribution in [0.3, 0.4) is 0 Å². The van der Waals surface area contributed by atoms with Crippen LogP contribution in [0, 0.1) is 0 Å². The molecule has 0 amide bonds. The normalized spacial score (nSPS) is 10.0. The van der Waals surface area contributed by atoms with E-state index >= 15 is 0 Å². The van der Waals surface area contributed by atoms with E-state index in [1.54, 1.807) is 24.3 Å². The molecule has 4 nitrogen and oxygen atoms in total. The van der Waals surface area contributed by atoms with Gasteiger partial charge in [-0.2, -0.15) is 0 Å². The molecule has 0 aliphatic rings. The Labute approximate surface area is 128 Å². The number of nitrogens with zero attached hydrogens (tertiary/aromatic N) is 1. The van der Waals surface area contributed by atoms with Crippen molar-refractivity contribution in [2.45, 2.75) is 0 Å². The Morgan fingerprint density at radius 2 is 1.76 bits per heavy atom. The number of carbonyl (C=O) groups is 1. The standard InChI is InChI=1S/C16H16ClNO3/c1-18(14-5-3-2-4-6-14)11-12-20-16(19)21-15-9-7-13(17)8-10-15/h2-10H,11-12H2,1H3. The largest absolute Gasteiger partial charge is 0.513 e. The number of para-hydroxylation sites is 1. The van der Waals surface area contributed by atoms with Crippen molar-refractivity contribution < 1.29 is 14.3 Å². The summed E-state index contributed by atoms with van der Waals surface area (Å²) in [7, 11) is 1.93. The zero-order chi connectivity index (χ0) is 15.1. The van der Waals surface area contributed by atoms with Crippen molar-refractivity contribution in [3.63, 3.8) is 0 Å². The van der Waals surface area contributed by atoms with Crippen LogP contribution in [-0.4, -0.2) is 26.4 Å². The molecule has 0 atom stereocenters. The summed E-state index contributed by atoms with van der Waals surface area (Å²) >= 11 is 5.75. The van der Waals surface area contributed by atoms with Gasteiger partial charge in [-0.15, -0.1) is 0 Å². The second-order valence-corrected chi connectivity index (χ2v) is 4.85. The first-order valence-corrected chi connectivity index (χ1v) is 6.89. The van der Waals surface area contributed by atoms with E-state index < -0.39 is 6.16 Å². The minimum atomic E-state index is -0.723. The molecule has 0 saturated heterocycles. The first-order chi connectivity index (χ1) is 10.1. The zero-order valence-electron chi connectivity index (χ0n) is 11.7. The third-order valence-electron chi connectivity index (χ3n) is 2.86. The number of hydrogen-bond acceptors (Lipinski definition) is 4. The summed E-state index contributed by atoms with van der Waals surface area (Å²) in [6.07, 6.45) is -0.723. The number of likely N-dealkylation sites (N-methyl/N-ethyl adjacent to an activating group) is 1. The van der Waals surface area contributed by atoms with E-state index in [2.05, 4.69) is 0 Å². The summed E-state index contributed by atoms with van der Waals surface area (Å²) in [6.45, 7) is 0.831. The van der Waals surface area contributed by atoms with Gasteiger partial charge in [-0.05, 0) is 36.4 Å². The molecule has 5 heteroatoms. The SMILES string of the molecule is CN(CCOC(=O)Oc1ccc(Cl)cc1)c1ccccc1. The van der Waals surface area contributed by atoms with Crippen LogP contribution in [0.1, 0.15) is 0 Å². The fraction of sp³-hybridized carbons (Fsp3) is 0.188. The van der Waals surface area contributed by atoms with Gasteiger partial charge in [0.15, 0.2) is 0 Å². The van der Waals surface area contributed by atoms with Crippen LogP contribution in [0.15, 0.2) is 54.6 Å². The van der Waals surface area contributed by atoms with E-state index in [-0.39, 0.29) is 6.61 Å². The van der Waals surface area contributed by atoms with Gasteiger partial charge >= 0.3 is 6.16 Å². The van der Waals surface area contributed by atoms with Crippen LogP contribution in [0.5, 0.6) is 5.75 Å². The van der Waals surface area contributed by atoms with Gasteiger partial charge in [0.05, 0.1) is 6.54 Å². The van der Waals surface area contributed by atoms with Crippen LogP contribution in [0.4, 0.5) is 10.5 Å². The quantitative estimate of drug-likeness (QED) is 0.618. The lowest BCUT2D eigenvalue weighted by Crippen LogP contribution is -2.24. The predicted molar refractivity (Wildman–Crippen MR) is 83.1 cm³/mol. The Morgan fingerprint density at radius 1 is 1.10 bits per heavy atom. The van der Waals surface area contributed by atoms with Crippen molar-refractivity contribution in [2.75, 3.05) is 25.1 Å². The van der Waals surface area contributed by atoms with Crippen LogP contribution in [-0.2, 0) is 4.74 Å². The van der Waals surface area contributed by atoms with Crippen LogP contribution < -0.4 is 9.64 Å². The molecule has 0 bridgehead atoms. The summed E-state index contributed by atoms with van der Waals surface area (Å²) in [5.41, 5.74) is 1.06. The van der Waals surface area contributed by atoms with Crippen LogP contribution in [0.25, 0.3) is 0 Å². The Hall–Kier alpha value is -2.20. The molecular weight excluding hydrogens is 290 g/mol. The fourth-order valence-corrected chi connectivity index (χ4v) is 1.83. The monoisotopic (exact) mass is 305 g/mol. The van der Waals surface area contributed by atoms with Crippen molar-refractivity contribution in [2.24, 2.45) is 0 Å². The van der Waals surface area contributed by atoms with Gasteiger partial charge < -0.3 is 14.4 Å². The number of ether oxygens (including phenoxy) is 2. The van der Waals surface area contributed by atoms with E-state index in [0.29, 0.717) is 17.3 Å². The molecule has 2 aromatic carbocycles. The Morgan fingerprint density at radius 3 is 2.43 bits per heavy atom. The summed E-state index contributed by atoms with van der Waals surface area (Å²) in [4.78, 5) is 13.5. The molecule has 0 aromatic heterocycles. The minimum Gasteiger partial charge on any atom is -0.432 e. The van der Waals surface area contributed by atoms with E-state index in [1.807, 2.05) is 42.3 Å². The number of hydrogen-bond donors (Lipinski definition) is 0. The number of benzene rings is 2. The van der Waals surface area contributed by atoms with Gasteiger partial charge in [0.25, 0.3) is 0 Å². The lowest BCUT2D eigenvalue weighted by atomic mass is 10.3. The molecular formula is C16H16ClNO3. The molecule has 0 saturated carbocycles. The minimum absolute atomic E-state index is 0.248. The molecule has 110 valence electrons. The van der Waals surface area contributed by atoms with Crippen molar-refractivity contribution in [1.29, 1.82) is 0 Å². The highest BCUT2D eigenvalue weighted by atomic mass is 35.5. The molecule has 0 radical (unpaired) electrons. The highest BCUT2D eigenvalue weighted by Gasteiger charge is 2.07. The average Bonchev–Trinajstić information content (AvgIpc) is 2.50. The highest BCUT2D eigenvalue weighted by molar-refractivity contribution is 6.30. The zero-order valence-corrected chi connectivity index (χ0v) is 12.4. The topological polar surface area (TPSA) is 38.8 Å². The lowest BCUT2D eigenvalue weighted by molar-refractivity contribution is 0.102. The molecule has 0 unspecified atom stereocenters. The molecule has 2 rings (SSSR count). The van der Waals surface area contributed by atoms with Gasteiger partial charge in [-0.3, -0.25) is 0 Å². The lowest BCUT2D eigenvalue weighted by Gasteiger charge is -2.18. The Bertz CT molecular complexity index is 572. The third-order valence-corrected chi connectivity index (χ3v) is 3.11. The molecule has 2 aromatic rings. The summed E-state index contributed by atoms with van der Waals surface area (Å²) in [5, 5.41) is 0.584. The van der Waals surface area contributed by atoms with Gasteiger partial charge in [0.1, 0.15) is 12.4 Å². The summed E-state index contributed by atoms with van der Waals surface area (Å²) < 4.78 is 10.1. The van der Waals surface area contributed by atoms with Crippen molar-refractivity contribution in [3.8, 4) is 5.75 Å². The predicted octanol–water partition coefficient (Wildman–Crippen LogP) is 3.99. The van der Waals surface area contributed by atoms with Crippen molar-refractivity contribution >= 4 is 23.4 Å². The average molecular weight is 306 g/mol. The number of rotatable bonds is 5. The number of halogens is 1. The first-order valence-electron chi connectivity index (χ1n) is 6.51. The van der Waals surface area contributed by atoms with Crippen LogP contribution in [0.2, 0.25) is 5.02 Å². The Balaban J connectivity index is 1.73. The number of anilines is 1. The maximum atomic E-state index is 11.5. The second-order valence-electron chi connectivity index (χ2n) is 4.41. The highest BCUT2D eigenvalue weighted by Crippen LogP contribution is 2.16. The second kappa shape index (κ2) is 7.55. The Kier molecular flexibility index (Phi) is 5.46. The molecule has 21 heavy (non-hydrogen) atoms. The van der Waals surface area contributed by atoms with E-state index in [4.69, 9.17) is 21.1 Å². The van der Waals surface area contributed by atoms with E-state index in [1.165, 1.54) is 0 Å². The summed E-state index contributed by atoms with van der Waals surface area (Å²) in [6, 6.07) is 16.4. The first kappa shape index (κ1) is 15.2. The van der Waals surface area contributed by atoms with E-state index in [9.17, 15) is 4.79 Å². The third kappa shape index (κ3) is 5.00. The molecule has 0 N–H and O–H groups in total. The molecule has 0 aliphatic carbocycles. The molecule has 0 aliphatic heterocycles. The van der Waals surface area contributed by atoms with Gasteiger partial charge in [-0.25, -0.2) is 4.79 Å². The van der Waals surface area contributed by atoms with Crippen molar-refractivity contribution in [3.05, 3.63) is 59.6 Å². The molecule has 0 fully saturated rings. The summed E-state index contributed by atoms with van der Waals surface area (Å²) in [5.74, 6) is 0.404. The van der Waals surface area contributed by atoms with Crippen LogP contribution >= 0.6 is 11.6 Å². The number of carbonyl (C=O) groups excluding carboxylic acids is 1. The fourth-order valence-electron chi connectivity index (χ4n) is 1.71. The van der Waals surface area contributed by atoms with Crippen molar-refractivity contribution in [1.82, 2.24) is 0 Å². The molecule has 0 spiro atoms. The van der Waals surface area contributed by atoms with Gasteiger partial charge in [0, 0.05) is 17.8 Å². The smallest absolute Gasteiger partial charge is 0.432 e. The van der Waals surface area contributed by atoms with Gasteiger partial charge in [0.2, 0.25) is 0 Å². The maximum absolute atomic E-state index is 11.5. The molecule has 0 heterocycles. The maximum Gasteiger partial charge on any atom is 0.513 e. The van der Waals surface area contributed by atoms with Gasteiger partial charge in [-0.1, -0.05) is 29.8 Å².